The van der Waals surface area contributed by atoms with Crippen molar-refractivity contribution in [3.05, 3.63) is 77.6 Å². The van der Waals surface area contributed by atoms with E-state index >= 15 is 4.39 Å². The lowest BCUT2D eigenvalue weighted by Gasteiger charge is -2.38. The van der Waals surface area contributed by atoms with Crippen LogP contribution in [0.3, 0.4) is 0 Å². The number of carboxylic acid groups (broad SMARTS) is 1. The molecule has 0 amide bonds. The van der Waals surface area contributed by atoms with Gasteiger partial charge < -0.3 is 24.1 Å². The molecule has 0 radical (unpaired) electrons. The number of aliphatic carboxylic acids is 1. The van der Waals surface area contributed by atoms with E-state index < -0.39 is 23.5 Å². The van der Waals surface area contributed by atoms with Crippen LogP contribution in [0, 0.1) is 5.82 Å². The number of benzene rings is 2. The first-order valence-corrected chi connectivity index (χ1v) is 9.77. The second kappa shape index (κ2) is 10.1. The largest absolute Gasteiger partial charge is 0.481 e. The fourth-order valence-electron chi connectivity index (χ4n) is 3.42. The Morgan fingerprint density at radius 3 is 2.16 bits per heavy atom. The van der Waals surface area contributed by atoms with E-state index in [0.29, 0.717) is 5.56 Å². The molecule has 3 aromatic rings. The van der Waals surface area contributed by atoms with Gasteiger partial charge in [-0.25, -0.2) is 9.18 Å². The monoisotopic (exact) mass is 442 g/mol. The summed E-state index contributed by atoms with van der Waals surface area (Å²) in [6, 6.07) is 15.3. The van der Waals surface area contributed by atoms with Crippen molar-refractivity contribution in [2.24, 2.45) is 0 Å². The van der Waals surface area contributed by atoms with Crippen molar-refractivity contribution in [3.63, 3.8) is 0 Å². The molecular weight excluding hydrogens is 419 g/mol. The molecule has 1 heterocycles. The number of aromatic nitrogens is 2. The van der Waals surface area contributed by atoms with E-state index in [9.17, 15) is 9.90 Å². The maximum absolute atomic E-state index is 15.1. The highest BCUT2D eigenvalue weighted by molar-refractivity contribution is 5.76. The fraction of sp³-hybridized carbons (Fsp3) is 0.261. The van der Waals surface area contributed by atoms with Gasteiger partial charge in [-0.05, 0) is 18.6 Å². The summed E-state index contributed by atoms with van der Waals surface area (Å²) < 4.78 is 37.1. The van der Waals surface area contributed by atoms with Gasteiger partial charge in [0.25, 0.3) is 0 Å². The van der Waals surface area contributed by atoms with Gasteiger partial charge >= 0.3 is 12.0 Å². The molecule has 0 aliphatic rings. The van der Waals surface area contributed by atoms with Crippen LogP contribution in [-0.4, -0.2) is 48.0 Å². The Balaban J connectivity index is 2.25. The first kappa shape index (κ1) is 23.0. The first-order chi connectivity index (χ1) is 15.5. The standard InChI is InChI=1S/C23H23FN2O6/c1-4-31-23(15-10-6-5-7-11-15,16-12-8-9-13-17(16)24)20(21(27)28)32-22-25-18(29-2)14-19(26-22)30-3/h5-14,20H,4H2,1-3H3,(H,27,28). The van der Waals surface area contributed by atoms with Gasteiger partial charge in [-0.2, -0.15) is 9.97 Å². The Labute approximate surface area is 184 Å². The van der Waals surface area contributed by atoms with E-state index in [1.165, 1.54) is 38.5 Å². The third-order valence-electron chi connectivity index (χ3n) is 4.74. The molecule has 9 heteroatoms. The van der Waals surface area contributed by atoms with E-state index in [1.807, 2.05) is 0 Å². The van der Waals surface area contributed by atoms with Crippen molar-refractivity contribution < 1.29 is 33.2 Å². The molecule has 0 aliphatic carbocycles. The van der Waals surface area contributed by atoms with E-state index in [0.717, 1.165) is 0 Å². The lowest BCUT2D eigenvalue weighted by molar-refractivity contribution is -0.164. The molecule has 1 aromatic heterocycles. The molecule has 2 atom stereocenters. The van der Waals surface area contributed by atoms with Crippen molar-refractivity contribution in [1.82, 2.24) is 9.97 Å². The summed E-state index contributed by atoms with van der Waals surface area (Å²) in [5, 5.41) is 10.2. The lowest BCUT2D eigenvalue weighted by Crippen LogP contribution is -2.51. The Bertz CT molecular complexity index is 1040. The zero-order chi connectivity index (χ0) is 23.1. The Morgan fingerprint density at radius 1 is 1.03 bits per heavy atom. The maximum atomic E-state index is 15.1. The fourth-order valence-corrected chi connectivity index (χ4v) is 3.42. The normalized spacial score (nSPS) is 13.6. The smallest absolute Gasteiger partial charge is 0.348 e. The minimum absolute atomic E-state index is 0.00434. The van der Waals surface area contributed by atoms with E-state index in [2.05, 4.69) is 9.97 Å². The molecule has 0 saturated heterocycles. The number of ether oxygens (including phenoxy) is 4. The van der Waals surface area contributed by atoms with Crippen molar-refractivity contribution in [2.75, 3.05) is 20.8 Å². The summed E-state index contributed by atoms with van der Waals surface area (Å²) in [5.74, 6) is -1.85. The Kier molecular flexibility index (Phi) is 7.21. The van der Waals surface area contributed by atoms with Crippen LogP contribution < -0.4 is 14.2 Å². The van der Waals surface area contributed by atoms with Crippen LogP contribution in [0.2, 0.25) is 0 Å². The van der Waals surface area contributed by atoms with E-state index in [4.69, 9.17) is 18.9 Å². The zero-order valence-corrected chi connectivity index (χ0v) is 17.8. The number of nitrogens with zero attached hydrogens (tertiary/aromatic N) is 2. The summed E-state index contributed by atoms with van der Waals surface area (Å²) in [4.78, 5) is 20.7. The van der Waals surface area contributed by atoms with Gasteiger partial charge in [0.2, 0.25) is 17.9 Å². The summed E-state index contributed by atoms with van der Waals surface area (Å²) in [5.41, 5.74) is -1.48. The van der Waals surface area contributed by atoms with Gasteiger partial charge in [-0.3, -0.25) is 0 Å². The number of carbonyl (C=O) groups is 1. The number of hydrogen-bond acceptors (Lipinski definition) is 7. The molecule has 1 N–H and O–H groups in total. The van der Waals surface area contributed by atoms with Crippen LogP contribution in [0.4, 0.5) is 4.39 Å². The molecule has 0 aliphatic heterocycles. The highest BCUT2D eigenvalue weighted by Crippen LogP contribution is 2.40. The quantitative estimate of drug-likeness (QED) is 0.510. The van der Waals surface area contributed by atoms with Gasteiger partial charge in [-0.15, -0.1) is 0 Å². The predicted octanol–water partition coefficient (Wildman–Crippen LogP) is 3.45. The van der Waals surface area contributed by atoms with Crippen LogP contribution in [0.5, 0.6) is 17.8 Å². The third-order valence-corrected chi connectivity index (χ3v) is 4.74. The minimum Gasteiger partial charge on any atom is -0.481 e. The molecule has 0 fully saturated rings. The zero-order valence-electron chi connectivity index (χ0n) is 17.8. The van der Waals surface area contributed by atoms with Crippen LogP contribution in [0.25, 0.3) is 0 Å². The van der Waals surface area contributed by atoms with Gasteiger partial charge in [0.1, 0.15) is 5.82 Å². The van der Waals surface area contributed by atoms with Crippen LogP contribution >= 0.6 is 0 Å². The van der Waals surface area contributed by atoms with E-state index in [-0.39, 0.29) is 29.9 Å². The third kappa shape index (κ3) is 4.47. The van der Waals surface area contributed by atoms with Crippen LogP contribution in [-0.2, 0) is 15.1 Å². The maximum Gasteiger partial charge on any atom is 0.348 e. The Hall–Kier alpha value is -3.72. The highest BCUT2D eigenvalue weighted by atomic mass is 19.1. The molecule has 0 saturated carbocycles. The van der Waals surface area contributed by atoms with E-state index in [1.54, 1.807) is 43.3 Å². The highest BCUT2D eigenvalue weighted by Gasteiger charge is 2.51. The molecule has 168 valence electrons. The summed E-state index contributed by atoms with van der Waals surface area (Å²) in [6.07, 6.45) is -1.77. The molecule has 0 spiro atoms. The SMILES string of the molecule is CCOC(c1ccccc1)(c1ccccc1F)C(Oc1nc(OC)cc(OC)n1)C(=O)O. The first-order valence-electron chi connectivity index (χ1n) is 9.77. The number of hydrogen-bond donors (Lipinski definition) is 1. The molecular formula is C23H23FN2O6. The number of carboxylic acids is 1. The van der Waals surface area contributed by atoms with Gasteiger partial charge in [0.05, 0.1) is 20.3 Å². The molecule has 3 rings (SSSR count). The number of rotatable bonds is 10. The minimum atomic E-state index is -1.85. The predicted molar refractivity (Wildman–Crippen MR) is 112 cm³/mol. The Morgan fingerprint density at radius 2 is 1.62 bits per heavy atom. The number of halogens is 1. The topological polar surface area (TPSA) is 100 Å². The van der Waals surface area contributed by atoms with Crippen molar-refractivity contribution in [3.8, 4) is 17.8 Å². The second-order valence-corrected chi connectivity index (χ2v) is 6.59. The molecule has 2 aromatic carbocycles. The molecule has 32 heavy (non-hydrogen) atoms. The van der Waals surface area contributed by atoms with Gasteiger partial charge in [0, 0.05) is 12.2 Å². The average Bonchev–Trinajstić information content (AvgIpc) is 2.82. The second-order valence-electron chi connectivity index (χ2n) is 6.59. The molecule has 8 nitrogen and oxygen atoms in total. The van der Waals surface area contributed by atoms with Crippen molar-refractivity contribution >= 4 is 5.97 Å². The van der Waals surface area contributed by atoms with Gasteiger partial charge in [0.15, 0.2) is 5.60 Å². The number of methoxy groups -OCH3 is 2. The average molecular weight is 442 g/mol. The summed E-state index contributed by atoms with van der Waals surface area (Å²) in [7, 11) is 2.77. The summed E-state index contributed by atoms with van der Waals surface area (Å²) in [6.45, 7) is 1.75. The van der Waals surface area contributed by atoms with Crippen molar-refractivity contribution in [2.45, 2.75) is 18.6 Å². The molecule has 2 unspecified atom stereocenters. The summed E-state index contributed by atoms with van der Waals surface area (Å²) >= 11 is 0. The van der Waals surface area contributed by atoms with Gasteiger partial charge in [-0.1, -0.05) is 48.5 Å². The molecule has 0 bridgehead atoms. The lowest BCUT2D eigenvalue weighted by atomic mass is 9.80. The van der Waals surface area contributed by atoms with Crippen molar-refractivity contribution in [1.29, 1.82) is 0 Å². The van der Waals surface area contributed by atoms with Crippen LogP contribution in [0.15, 0.2) is 60.7 Å². The van der Waals surface area contributed by atoms with Crippen LogP contribution in [0.1, 0.15) is 18.1 Å².